The number of hydrogen-bond acceptors (Lipinski definition) is 5. The summed E-state index contributed by atoms with van der Waals surface area (Å²) in [5.74, 6) is 1.75. The van der Waals surface area contributed by atoms with Crippen LogP contribution in [0.3, 0.4) is 0 Å². The first kappa shape index (κ1) is 13.5. The van der Waals surface area contributed by atoms with E-state index in [1.54, 1.807) is 24.5 Å². The molecule has 3 rings (SSSR count). The lowest BCUT2D eigenvalue weighted by Gasteiger charge is -2.14. The van der Waals surface area contributed by atoms with Gasteiger partial charge in [-0.05, 0) is 29.2 Å². The maximum Gasteiger partial charge on any atom is 0.330 e. The fourth-order valence-electron chi connectivity index (χ4n) is 2.14. The van der Waals surface area contributed by atoms with E-state index in [4.69, 9.17) is 14.7 Å². The van der Waals surface area contributed by atoms with Gasteiger partial charge in [0.05, 0.1) is 12.2 Å². The van der Waals surface area contributed by atoms with E-state index in [2.05, 4.69) is 11.1 Å². The van der Waals surface area contributed by atoms with Crippen LogP contribution >= 0.6 is 0 Å². The van der Waals surface area contributed by atoms with Crippen LogP contribution in [0.5, 0.6) is 11.6 Å². The van der Waals surface area contributed by atoms with Gasteiger partial charge in [0.25, 0.3) is 0 Å². The van der Waals surface area contributed by atoms with Crippen molar-refractivity contribution in [3.05, 3.63) is 41.5 Å². The van der Waals surface area contributed by atoms with E-state index in [0.29, 0.717) is 29.6 Å². The van der Waals surface area contributed by atoms with Gasteiger partial charge in [-0.1, -0.05) is 6.07 Å². The highest BCUT2D eigenvalue weighted by atomic mass is 16.5. The van der Waals surface area contributed by atoms with Crippen LogP contribution in [0.1, 0.15) is 11.1 Å². The van der Waals surface area contributed by atoms with Crippen LogP contribution < -0.4 is 15.1 Å². The number of fused-ring (bicyclic) bond motifs is 1. The molecule has 1 radical (unpaired) electrons. The average Bonchev–Trinajstić information content (AvgIpc) is 2.94. The van der Waals surface area contributed by atoms with Crippen LogP contribution in [0, 0.1) is 11.3 Å². The fourth-order valence-corrected chi connectivity index (χ4v) is 2.14. The van der Waals surface area contributed by atoms with Gasteiger partial charge in [-0.3, -0.25) is 0 Å². The molecular formula is C15H13BN3O2. The van der Waals surface area contributed by atoms with Gasteiger partial charge in [-0.2, -0.15) is 10.2 Å². The first-order valence-corrected chi connectivity index (χ1v) is 6.51. The van der Waals surface area contributed by atoms with E-state index in [1.807, 2.05) is 32.3 Å². The normalized spacial score (nSPS) is 12.2. The van der Waals surface area contributed by atoms with Crippen molar-refractivity contribution in [3.8, 4) is 17.7 Å². The van der Waals surface area contributed by atoms with Gasteiger partial charge in [-0.25, -0.2) is 0 Å². The van der Waals surface area contributed by atoms with Crippen LogP contribution in [-0.2, 0) is 11.3 Å². The molecule has 5 nitrogen and oxygen atoms in total. The van der Waals surface area contributed by atoms with Crippen molar-refractivity contribution in [1.82, 2.24) is 4.98 Å². The lowest BCUT2D eigenvalue weighted by atomic mass is 9.87. The Balaban J connectivity index is 1.88. The number of nitrogens with zero attached hydrogens (tertiary/aromatic N) is 3. The molecule has 0 unspecified atom stereocenters. The number of hydrogen-bond donors (Lipinski definition) is 0. The highest BCUT2D eigenvalue weighted by Crippen LogP contribution is 2.25. The summed E-state index contributed by atoms with van der Waals surface area (Å²) in [4.78, 5) is 6.16. The number of nitriles is 1. The lowest BCUT2D eigenvalue weighted by molar-refractivity contribution is 0.344. The molecule has 21 heavy (non-hydrogen) atoms. The Morgan fingerprint density at radius 3 is 2.95 bits per heavy atom. The third-order valence-electron chi connectivity index (χ3n) is 3.18. The van der Waals surface area contributed by atoms with Crippen molar-refractivity contribution >= 4 is 18.8 Å². The highest BCUT2D eigenvalue weighted by Gasteiger charge is 2.14. The number of benzene rings is 1. The van der Waals surface area contributed by atoms with E-state index in [1.165, 1.54) is 0 Å². The van der Waals surface area contributed by atoms with Gasteiger partial charge in [-0.15, -0.1) is 0 Å². The zero-order chi connectivity index (χ0) is 14.8. The van der Waals surface area contributed by atoms with Crippen LogP contribution in [0.4, 0.5) is 5.82 Å². The molecule has 1 aliphatic heterocycles. The van der Waals surface area contributed by atoms with E-state index in [-0.39, 0.29) is 0 Å². The Bertz CT molecular complexity index is 725. The predicted molar refractivity (Wildman–Crippen MR) is 80.0 cm³/mol. The third-order valence-corrected chi connectivity index (χ3v) is 3.18. The molecule has 2 aromatic rings. The molecule has 1 aliphatic rings. The van der Waals surface area contributed by atoms with Gasteiger partial charge in [0.1, 0.15) is 17.6 Å². The molecule has 2 heterocycles. The van der Waals surface area contributed by atoms with Crippen molar-refractivity contribution < 1.29 is 9.39 Å². The maximum absolute atomic E-state index is 9.08. The van der Waals surface area contributed by atoms with Gasteiger partial charge in [0.2, 0.25) is 5.88 Å². The molecule has 1 aromatic carbocycles. The Morgan fingerprint density at radius 1 is 1.33 bits per heavy atom. The van der Waals surface area contributed by atoms with E-state index in [0.717, 1.165) is 11.0 Å². The molecule has 0 amide bonds. The number of rotatable bonds is 3. The highest BCUT2D eigenvalue weighted by molar-refractivity contribution is 6.48. The summed E-state index contributed by atoms with van der Waals surface area (Å²) in [6.07, 6.45) is 0. The fraction of sp³-hybridized carbons (Fsp3) is 0.200. The second-order valence-corrected chi connectivity index (χ2v) is 4.92. The Hall–Kier alpha value is -2.52. The second-order valence-electron chi connectivity index (χ2n) is 4.92. The monoisotopic (exact) mass is 278 g/mol. The molecular weight excluding hydrogens is 265 g/mol. The first-order chi connectivity index (χ1) is 10.2. The van der Waals surface area contributed by atoms with Gasteiger partial charge in [0, 0.05) is 20.2 Å². The molecule has 0 fully saturated rings. The number of pyridine rings is 1. The smallest absolute Gasteiger partial charge is 0.330 e. The third kappa shape index (κ3) is 2.69. The summed E-state index contributed by atoms with van der Waals surface area (Å²) in [5.41, 5.74) is 2.68. The largest absolute Gasteiger partial charge is 0.439 e. The average molecular weight is 278 g/mol. The summed E-state index contributed by atoms with van der Waals surface area (Å²) in [5, 5.41) is 9.08. The maximum atomic E-state index is 9.08. The van der Waals surface area contributed by atoms with E-state index >= 15 is 0 Å². The van der Waals surface area contributed by atoms with Crippen LogP contribution in [-0.4, -0.2) is 26.6 Å². The van der Waals surface area contributed by atoms with Crippen LogP contribution in [0.25, 0.3) is 0 Å². The van der Waals surface area contributed by atoms with Crippen molar-refractivity contribution in [2.24, 2.45) is 0 Å². The Morgan fingerprint density at radius 2 is 2.19 bits per heavy atom. The molecule has 0 N–H and O–H groups in total. The zero-order valence-electron chi connectivity index (χ0n) is 11.8. The van der Waals surface area contributed by atoms with Crippen molar-refractivity contribution in [2.75, 3.05) is 19.0 Å². The van der Waals surface area contributed by atoms with Crippen LogP contribution in [0.15, 0.2) is 30.3 Å². The molecule has 103 valence electrons. The van der Waals surface area contributed by atoms with Gasteiger partial charge < -0.3 is 14.3 Å². The van der Waals surface area contributed by atoms with Crippen LogP contribution in [0.2, 0.25) is 0 Å². The van der Waals surface area contributed by atoms with Crippen molar-refractivity contribution in [3.63, 3.8) is 0 Å². The van der Waals surface area contributed by atoms with Gasteiger partial charge >= 0.3 is 7.48 Å². The molecule has 6 heteroatoms. The Labute approximate surface area is 124 Å². The molecule has 0 aliphatic carbocycles. The molecule has 1 aromatic heterocycles. The minimum absolute atomic E-state index is 0.459. The number of ether oxygens (including phenoxy) is 1. The lowest BCUT2D eigenvalue weighted by Crippen LogP contribution is -2.13. The minimum atomic E-state index is 0.459. The van der Waals surface area contributed by atoms with Crippen molar-refractivity contribution in [2.45, 2.75) is 6.61 Å². The second kappa shape index (κ2) is 5.47. The zero-order valence-corrected chi connectivity index (χ0v) is 11.8. The number of anilines is 1. The summed E-state index contributed by atoms with van der Waals surface area (Å²) < 4.78 is 11.0. The SMILES string of the molecule is CN(C)c1nc(Oc2ccc3c(c2)CO[B]3)ccc1C#N. The molecule has 0 saturated heterocycles. The summed E-state index contributed by atoms with van der Waals surface area (Å²) in [6.45, 7) is 0.566. The summed E-state index contributed by atoms with van der Waals surface area (Å²) >= 11 is 0. The van der Waals surface area contributed by atoms with Crippen molar-refractivity contribution in [1.29, 1.82) is 5.26 Å². The molecule has 0 spiro atoms. The van der Waals surface area contributed by atoms with E-state index in [9.17, 15) is 0 Å². The van der Waals surface area contributed by atoms with Gasteiger partial charge in [0.15, 0.2) is 0 Å². The number of aromatic nitrogens is 1. The van der Waals surface area contributed by atoms with E-state index < -0.39 is 0 Å². The molecule has 0 atom stereocenters. The first-order valence-electron chi connectivity index (χ1n) is 6.51. The summed E-state index contributed by atoms with van der Waals surface area (Å²) in [6, 6.07) is 11.3. The standard InChI is InChI=1S/C15H13BN3O2/c1-19(2)15-10(8-17)3-6-14(18-15)21-12-4-5-13-11(7-12)9-20-16-13/h3-7H,9H2,1-2H3. The quantitative estimate of drug-likeness (QED) is 0.798. The predicted octanol–water partition coefficient (Wildman–Crippen LogP) is 1.59. The molecule has 0 saturated carbocycles. The molecule has 0 bridgehead atoms. The minimum Gasteiger partial charge on any atom is -0.439 e. The summed E-state index contributed by atoms with van der Waals surface area (Å²) in [7, 11) is 5.42. The topological polar surface area (TPSA) is 58.4 Å². The Kier molecular flexibility index (Phi) is 3.51.